The third kappa shape index (κ3) is 5.14. The zero-order chi connectivity index (χ0) is 16.9. The molecule has 2 N–H and O–H groups in total. The van der Waals surface area contributed by atoms with Gasteiger partial charge in [-0.3, -0.25) is 4.79 Å². The molecule has 2 aromatic rings. The summed E-state index contributed by atoms with van der Waals surface area (Å²) < 4.78 is 18.7. The van der Waals surface area contributed by atoms with E-state index in [2.05, 4.69) is 15.6 Å². The molecule has 0 aliphatic carbocycles. The molecule has 0 spiro atoms. The van der Waals surface area contributed by atoms with Crippen LogP contribution in [-0.4, -0.2) is 31.1 Å². The van der Waals surface area contributed by atoms with Gasteiger partial charge in [0.15, 0.2) is 16.7 Å². The van der Waals surface area contributed by atoms with E-state index in [1.807, 2.05) is 0 Å². The number of thiazole rings is 1. The van der Waals surface area contributed by atoms with E-state index in [1.165, 1.54) is 24.5 Å². The van der Waals surface area contributed by atoms with E-state index in [-0.39, 0.29) is 24.1 Å². The van der Waals surface area contributed by atoms with Crippen molar-refractivity contribution in [1.82, 2.24) is 10.3 Å². The molecule has 5 nitrogen and oxygen atoms in total. The Labute approximate surface area is 156 Å². The van der Waals surface area contributed by atoms with Crippen LogP contribution in [0.25, 0.3) is 11.3 Å². The first-order valence-corrected chi connectivity index (χ1v) is 8.83. The van der Waals surface area contributed by atoms with Gasteiger partial charge < -0.3 is 15.4 Å². The van der Waals surface area contributed by atoms with Gasteiger partial charge in [-0.05, 0) is 50.0 Å². The molecule has 8 heteroatoms. The number of hydrogen-bond donors (Lipinski definition) is 2. The van der Waals surface area contributed by atoms with E-state index in [0.29, 0.717) is 28.7 Å². The molecule has 1 aromatic heterocycles. The second-order valence-corrected chi connectivity index (χ2v) is 6.69. The largest absolute Gasteiger partial charge is 0.494 e. The number of nitrogens with one attached hydrogen (secondary N) is 2. The number of ether oxygens (including phenoxy) is 1. The lowest BCUT2D eigenvalue weighted by Crippen LogP contribution is -2.14. The van der Waals surface area contributed by atoms with Crippen LogP contribution >= 0.6 is 23.7 Å². The average Bonchev–Trinajstić information content (AvgIpc) is 3.24. The summed E-state index contributed by atoms with van der Waals surface area (Å²) in [6.45, 7) is 2.04. The quantitative estimate of drug-likeness (QED) is 0.795. The molecular weight excluding hydrogens is 365 g/mol. The van der Waals surface area contributed by atoms with E-state index in [1.54, 1.807) is 17.5 Å². The Morgan fingerprint density at radius 2 is 2.36 bits per heavy atom. The van der Waals surface area contributed by atoms with Crippen molar-refractivity contribution in [3.63, 3.8) is 0 Å². The van der Waals surface area contributed by atoms with E-state index >= 15 is 0 Å². The molecule has 1 amide bonds. The number of methoxy groups -OCH3 is 1. The number of halogens is 2. The third-order valence-electron chi connectivity index (χ3n) is 4.14. The van der Waals surface area contributed by atoms with E-state index < -0.39 is 5.82 Å². The fraction of sp³-hybridized carbons (Fsp3) is 0.412. The molecule has 1 unspecified atom stereocenters. The van der Waals surface area contributed by atoms with Crippen LogP contribution in [0.2, 0.25) is 0 Å². The van der Waals surface area contributed by atoms with Crippen molar-refractivity contribution in [2.45, 2.75) is 19.3 Å². The number of rotatable bonds is 6. The van der Waals surface area contributed by atoms with Gasteiger partial charge in [0.1, 0.15) is 0 Å². The first-order chi connectivity index (χ1) is 11.7. The van der Waals surface area contributed by atoms with Gasteiger partial charge in [0, 0.05) is 17.4 Å². The lowest BCUT2D eigenvalue weighted by molar-refractivity contribution is -0.116. The molecule has 1 aromatic carbocycles. The predicted octanol–water partition coefficient (Wildman–Crippen LogP) is 3.71. The van der Waals surface area contributed by atoms with E-state index in [9.17, 15) is 9.18 Å². The molecule has 1 aliphatic rings. The molecule has 2 heterocycles. The minimum Gasteiger partial charge on any atom is -0.494 e. The number of benzene rings is 1. The maximum absolute atomic E-state index is 13.8. The zero-order valence-corrected chi connectivity index (χ0v) is 15.5. The number of nitrogens with zero attached hydrogens (tertiary/aromatic N) is 1. The molecule has 25 heavy (non-hydrogen) atoms. The van der Waals surface area contributed by atoms with E-state index in [0.717, 1.165) is 25.9 Å². The summed E-state index contributed by atoms with van der Waals surface area (Å²) in [6.07, 6.45) is 2.52. The summed E-state index contributed by atoms with van der Waals surface area (Å²) in [4.78, 5) is 16.4. The van der Waals surface area contributed by atoms with Crippen LogP contribution in [0.4, 0.5) is 9.52 Å². The lowest BCUT2D eigenvalue weighted by Gasteiger charge is -2.07. The fourth-order valence-corrected chi connectivity index (χ4v) is 3.50. The van der Waals surface area contributed by atoms with Crippen LogP contribution in [0.5, 0.6) is 5.75 Å². The van der Waals surface area contributed by atoms with Crippen molar-refractivity contribution in [2.75, 3.05) is 25.5 Å². The van der Waals surface area contributed by atoms with Gasteiger partial charge in [-0.15, -0.1) is 23.7 Å². The summed E-state index contributed by atoms with van der Waals surface area (Å²) >= 11 is 1.34. The summed E-state index contributed by atoms with van der Waals surface area (Å²) in [5.41, 5.74) is 1.29. The summed E-state index contributed by atoms with van der Waals surface area (Å²) in [5, 5.41) is 8.46. The van der Waals surface area contributed by atoms with Gasteiger partial charge in [0.2, 0.25) is 5.91 Å². The zero-order valence-electron chi connectivity index (χ0n) is 13.9. The topological polar surface area (TPSA) is 63.2 Å². The summed E-state index contributed by atoms with van der Waals surface area (Å²) in [5.74, 6) is 0.330. The molecule has 3 rings (SSSR count). The molecule has 0 bridgehead atoms. The molecule has 0 saturated carbocycles. The molecule has 1 aliphatic heterocycles. The van der Waals surface area contributed by atoms with Crippen molar-refractivity contribution in [2.24, 2.45) is 5.92 Å². The highest BCUT2D eigenvalue weighted by Gasteiger charge is 2.16. The van der Waals surface area contributed by atoms with Gasteiger partial charge in [-0.2, -0.15) is 0 Å². The maximum Gasteiger partial charge on any atom is 0.226 e. The van der Waals surface area contributed by atoms with E-state index in [4.69, 9.17) is 4.74 Å². The van der Waals surface area contributed by atoms with Crippen LogP contribution in [0.1, 0.15) is 19.3 Å². The Hall–Kier alpha value is -1.70. The Bertz CT molecular complexity index is 720. The molecule has 0 radical (unpaired) electrons. The van der Waals surface area contributed by atoms with Crippen molar-refractivity contribution in [1.29, 1.82) is 0 Å². The normalized spacial score (nSPS) is 16.3. The Morgan fingerprint density at radius 1 is 1.52 bits per heavy atom. The monoisotopic (exact) mass is 385 g/mol. The second kappa shape index (κ2) is 9.12. The number of anilines is 1. The van der Waals surface area contributed by atoms with Gasteiger partial charge in [0.25, 0.3) is 0 Å². The number of aromatic nitrogens is 1. The highest BCUT2D eigenvalue weighted by molar-refractivity contribution is 7.14. The van der Waals surface area contributed by atoms with Crippen LogP contribution < -0.4 is 15.4 Å². The Kier molecular flexibility index (Phi) is 7.16. The van der Waals surface area contributed by atoms with Crippen LogP contribution in [0.15, 0.2) is 23.6 Å². The minimum atomic E-state index is -0.432. The molecule has 1 saturated heterocycles. The molecule has 1 fully saturated rings. The first-order valence-electron chi connectivity index (χ1n) is 7.95. The van der Waals surface area contributed by atoms with Crippen molar-refractivity contribution in [3.8, 4) is 17.0 Å². The molecular formula is C17H21ClFN3O2S. The number of amides is 1. The highest BCUT2D eigenvalue weighted by Crippen LogP contribution is 2.28. The summed E-state index contributed by atoms with van der Waals surface area (Å²) in [7, 11) is 1.43. The number of carbonyl (C=O) groups is 1. The minimum absolute atomic E-state index is 0. The Morgan fingerprint density at radius 3 is 3.04 bits per heavy atom. The van der Waals surface area contributed by atoms with Crippen molar-refractivity contribution in [3.05, 3.63) is 29.4 Å². The molecule has 136 valence electrons. The number of hydrogen-bond acceptors (Lipinski definition) is 5. The van der Waals surface area contributed by atoms with Crippen molar-refractivity contribution >= 4 is 34.8 Å². The number of carbonyl (C=O) groups excluding carboxylic acids is 1. The Balaban J connectivity index is 0.00000225. The van der Waals surface area contributed by atoms with Gasteiger partial charge in [-0.1, -0.05) is 0 Å². The fourth-order valence-electron chi connectivity index (χ4n) is 2.77. The smallest absolute Gasteiger partial charge is 0.226 e. The maximum atomic E-state index is 13.8. The summed E-state index contributed by atoms with van der Waals surface area (Å²) in [6, 6.07) is 4.69. The van der Waals surface area contributed by atoms with Gasteiger partial charge in [0.05, 0.1) is 12.8 Å². The van der Waals surface area contributed by atoms with Crippen LogP contribution in [0, 0.1) is 11.7 Å². The van der Waals surface area contributed by atoms with Crippen LogP contribution in [-0.2, 0) is 4.79 Å². The SMILES string of the molecule is COc1ccc(-c2csc(NC(=O)CCC3CCNC3)n2)cc1F.Cl. The lowest BCUT2D eigenvalue weighted by atomic mass is 10.0. The standard InChI is InChI=1S/C17H20FN3O2S.ClH/c1-23-15-4-3-12(8-13(15)18)14-10-24-17(20-14)21-16(22)5-2-11-6-7-19-9-11;/h3-4,8,10-11,19H,2,5-7,9H2,1H3,(H,20,21,22);1H. The average molecular weight is 386 g/mol. The highest BCUT2D eigenvalue weighted by atomic mass is 35.5. The molecule has 1 atom stereocenters. The van der Waals surface area contributed by atoms with Gasteiger partial charge in [-0.25, -0.2) is 9.37 Å². The van der Waals surface area contributed by atoms with Crippen molar-refractivity contribution < 1.29 is 13.9 Å². The van der Waals surface area contributed by atoms with Gasteiger partial charge >= 0.3 is 0 Å². The second-order valence-electron chi connectivity index (χ2n) is 5.83. The predicted molar refractivity (Wildman–Crippen MR) is 100 cm³/mol. The first kappa shape index (κ1) is 19.6. The van der Waals surface area contributed by atoms with Crippen LogP contribution in [0.3, 0.4) is 0 Å². The third-order valence-corrected chi connectivity index (χ3v) is 4.90.